The van der Waals surface area contributed by atoms with Crippen LogP contribution in [0.4, 0.5) is 0 Å². The van der Waals surface area contributed by atoms with Crippen molar-refractivity contribution >= 4 is 0 Å². The zero-order valence-corrected chi connectivity index (χ0v) is 10.9. The molecule has 94 valence electrons. The highest BCUT2D eigenvalue weighted by Gasteiger charge is 2.19. The molecular formula is C16H25N. The van der Waals surface area contributed by atoms with Crippen LogP contribution >= 0.6 is 0 Å². The van der Waals surface area contributed by atoms with E-state index in [2.05, 4.69) is 37.3 Å². The molecule has 1 fully saturated rings. The third kappa shape index (κ3) is 3.57. The Hall–Kier alpha value is -0.820. The number of nitrogens with two attached hydrogens (primary N) is 1. The molecule has 1 heteroatoms. The molecule has 2 rings (SSSR count). The average Bonchev–Trinajstić information content (AvgIpc) is 2.89. The first kappa shape index (κ1) is 12.6. The van der Waals surface area contributed by atoms with Crippen LogP contribution in [0.15, 0.2) is 30.3 Å². The molecule has 2 N–H and O–H groups in total. The predicted molar refractivity (Wildman–Crippen MR) is 74.0 cm³/mol. The largest absolute Gasteiger partial charge is 0.327 e. The van der Waals surface area contributed by atoms with Crippen molar-refractivity contribution in [1.29, 1.82) is 0 Å². The van der Waals surface area contributed by atoms with Gasteiger partial charge < -0.3 is 5.73 Å². The minimum absolute atomic E-state index is 0.318. The van der Waals surface area contributed by atoms with Crippen LogP contribution in [0.3, 0.4) is 0 Å². The molecule has 0 aliphatic heterocycles. The van der Waals surface area contributed by atoms with Crippen molar-refractivity contribution < 1.29 is 0 Å². The number of hydrogen-bond donors (Lipinski definition) is 1. The molecule has 0 heterocycles. The Bertz CT molecular complexity index is 314. The summed E-state index contributed by atoms with van der Waals surface area (Å²) in [6.07, 6.45) is 8.26. The van der Waals surface area contributed by atoms with Gasteiger partial charge in [0.2, 0.25) is 0 Å². The zero-order valence-electron chi connectivity index (χ0n) is 10.9. The van der Waals surface area contributed by atoms with Crippen LogP contribution in [0.2, 0.25) is 0 Å². The first-order chi connectivity index (χ1) is 8.27. The van der Waals surface area contributed by atoms with Gasteiger partial charge in [0.1, 0.15) is 0 Å². The third-order valence-corrected chi connectivity index (χ3v) is 4.35. The maximum absolute atomic E-state index is 6.33. The summed E-state index contributed by atoms with van der Waals surface area (Å²) in [4.78, 5) is 0. The zero-order chi connectivity index (χ0) is 12.1. The second-order valence-corrected chi connectivity index (χ2v) is 5.59. The number of benzene rings is 1. The van der Waals surface area contributed by atoms with E-state index < -0.39 is 0 Å². The Labute approximate surface area is 105 Å². The molecule has 0 spiro atoms. The topological polar surface area (TPSA) is 26.0 Å². The first-order valence-electron chi connectivity index (χ1n) is 7.08. The Morgan fingerprint density at radius 1 is 1.18 bits per heavy atom. The second-order valence-electron chi connectivity index (χ2n) is 5.59. The average molecular weight is 231 g/mol. The van der Waals surface area contributed by atoms with E-state index in [4.69, 9.17) is 5.73 Å². The summed E-state index contributed by atoms with van der Waals surface area (Å²) < 4.78 is 0. The Balaban J connectivity index is 1.80. The molecule has 1 aliphatic rings. The van der Waals surface area contributed by atoms with E-state index in [9.17, 15) is 0 Å². The van der Waals surface area contributed by atoms with Gasteiger partial charge in [-0.15, -0.1) is 0 Å². The van der Waals surface area contributed by atoms with E-state index >= 15 is 0 Å². The van der Waals surface area contributed by atoms with Crippen molar-refractivity contribution in [1.82, 2.24) is 0 Å². The summed E-state index contributed by atoms with van der Waals surface area (Å²) in [7, 11) is 0. The molecule has 0 saturated heterocycles. The van der Waals surface area contributed by atoms with E-state index in [0.29, 0.717) is 12.0 Å². The Morgan fingerprint density at radius 2 is 1.82 bits per heavy atom. The van der Waals surface area contributed by atoms with Crippen molar-refractivity contribution in [3.63, 3.8) is 0 Å². The van der Waals surface area contributed by atoms with E-state index in [1.165, 1.54) is 44.1 Å². The standard InChI is InChI=1S/C16H25N/c1-13(15-9-3-2-4-10-15)16(17)12-11-14-7-5-6-8-14/h2-4,9-10,13-14,16H,5-8,11-12,17H2,1H3. The highest BCUT2D eigenvalue weighted by atomic mass is 14.6. The minimum atomic E-state index is 0.318. The molecule has 1 aromatic carbocycles. The molecule has 0 bridgehead atoms. The highest BCUT2D eigenvalue weighted by molar-refractivity contribution is 5.20. The number of hydrogen-bond acceptors (Lipinski definition) is 1. The fourth-order valence-corrected chi connectivity index (χ4v) is 2.98. The van der Waals surface area contributed by atoms with Gasteiger partial charge in [-0.1, -0.05) is 62.9 Å². The van der Waals surface area contributed by atoms with Crippen molar-refractivity contribution in [3.8, 4) is 0 Å². The summed E-state index contributed by atoms with van der Waals surface area (Å²) in [5.74, 6) is 1.45. The second kappa shape index (κ2) is 6.20. The SMILES string of the molecule is CC(c1ccccc1)C(N)CCC1CCCC1. The summed E-state index contributed by atoms with van der Waals surface area (Å²) in [5, 5.41) is 0. The predicted octanol–water partition coefficient (Wildman–Crippen LogP) is 4.09. The molecule has 1 aliphatic carbocycles. The van der Waals surface area contributed by atoms with E-state index in [1.807, 2.05) is 0 Å². The van der Waals surface area contributed by atoms with Gasteiger partial charge >= 0.3 is 0 Å². The van der Waals surface area contributed by atoms with Gasteiger partial charge in [-0.25, -0.2) is 0 Å². The molecule has 1 saturated carbocycles. The van der Waals surface area contributed by atoms with Gasteiger partial charge in [0.25, 0.3) is 0 Å². The van der Waals surface area contributed by atoms with E-state index in [1.54, 1.807) is 0 Å². The molecule has 1 nitrogen and oxygen atoms in total. The lowest BCUT2D eigenvalue weighted by molar-refractivity contribution is 0.424. The lowest BCUT2D eigenvalue weighted by Crippen LogP contribution is -2.27. The van der Waals surface area contributed by atoms with Crippen LogP contribution < -0.4 is 5.73 Å². The summed E-state index contributed by atoms with van der Waals surface area (Å²) in [5.41, 5.74) is 7.71. The Morgan fingerprint density at radius 3 is 2.47 bits per heavy atom. The quantitative estimate of drug-likeness (QED) is 0.811. The fourth-order valence-electron chi connectivity index (χ4n) is 2.98. The molecule has 2 atom stereocenters. The van der Waals surface area contributed by atoms with Gasteiger partial charge in [0.15, 0.2) is 0 Å². The molecule has 0 radical (unpaired) electrons. The van der Waals surface area contributed by atoms with Gasteiger partial charge in [-0.05, 0) is 30.2 Å². The molecule has 1 aromatic rings. The monoisotopic (exact) mass is 231 g/mol. The van der Waals surface area contributed by atoms with Crippen LogP contribution in [0, 0.1) is 5.92 Å². The third-order valence-electron chi connectivity index (χ3n) is 4.35. The number of rotatable bonds is 5. The summed E-state index contributed by atoms with van der Waals surface area (Å²) in [6.45, 7) is 2.26. The molecule has 0 amide bonds. The van der Waals surface area contributed by atoms with E-state index in [-0.39, 0.29) is 0 Å². The van der Waals surface area contributed by atoms with Gasteiger partial charge in [-0.2, -0.15) is 0 Å². The van der Waals surface area contributed by atoms with Crippen LogP contribution in [-0.4, -0.2) is 6.04 Å². The van der Waals surface area contributed by atoms with Crippen LogP contribution in [0.1, 0.15) is 56.9 Å². The fraction of sp³-hybridized carbons (Fsp3) is 0.625. The van der Waals surface area contributed by atoms with E-state index in [0.717, 1.165) is 5.92 Å². The van der Waals surface area contributed by atoms with Crippen molar-refractivity contribution in [2.45, 2.75) is 57.4 Å². The van der Waals surface area contributed by atoms with Crippen molar-refractivity contribution in [2.24, 2.45) is 11.7 Å². The van der Waals surface area contributed by atoms with Gasteiger partial charge in [-0.3, -0.25) is 0 Å². The van der Waals surface area contributed by atoms with Crippen LogP contribution in [0.25, 0.3) is 0 Å². The smallest absolute Gasteiger partial charge is 0.0105 e. The maximum Gasteiger partial charge on any atom is 0.0105 e. The van der Waals surface area contributed by atoms with Crippen LogP contribution in [0.5, 0.6) is 0 Å². The molecular weight excluding hydrogens is 206 g/mol. The van der Waals surface area contributed by atoms with Crippen molar-refractivity contribution in [2.75, 3.05) is 0 Å². The highest BCUT2D eigenvalue weighted by Crippen LogP contribution is 2.30. The normalized spacial score (nSPS) is 20.4. The first-order valence-corrected chi connectivity index (χ1v) is 7.08. The molecule has 17 heavy (non-hydrogen) atoms. The van der Waals surface area contributed by atoms with Gasteiger partial charge in [0, 0.05) is 6.04 Å². The molecule has 0 aromatic heterocycles. The minimum Gasteiger partial charge on any atom is -0.327 e. The van der Waals surface area contributed by atoms with Gasteiger partial charge in [0.05, 0.1) is 0 Å². The molecule has 2 unspecified atom stereocenters. The van der Waals surface area contributed by atoms with Crippen LogP contribution in [-0.2, 0) is 0 Å². The lowest BCUT2D eigenvalue weighted by Gasteiger charge is -2.21. The van der Waals surface area contributed by atoms with Crippen molar-refractivity contribution in [3.05, 3.63) is 35.9 Å². The maximum atomic E-state index is 6.33. The summed E-state index contributed by atoms with van der Waals surface area (Å²) >= 11 is 0. The lowest BCUT2D eigenvalue weighted by atomic mass is 9.88. The Kier molecular flexibility index (Phi) is 4.61. The summed E-state index contributed by atoms with van der Waals surface area (Å²) in [6, 6.07) is 11.0.